The highest BCUT2D eigenvalue weighted by Gasteiger charge is 2.15. The molecule has 0 aliphatic rings. The zero-order valence-electron chi connectivity index (χ0n) is 13.2. The van der Waals surface area contributed by atoms with E-state index in [0.717, 1.165) is 5.39 Å². The molecule has 25 heavy (non-hydrogen) atoms. The zero-order valence-corrected chi connectivity index (χ0v) is 13.2. The number of carbonyl (C=O) groups excluding carboxylic acids is 1. The molecule has 3 aromatic heterocycles. The van der Waals surface area contributed by atoms with Crippen molar-refractivity contribution < 1.29 is 13.9 Å². The van der Waals surface area contributed by atoms with Crippen molar-refractivity contribution in [2.24, 2.45) is 0 Å². The standard InChI is InChI=1S/C17H13N5O3/c1-24-13-5-2-4-11-8-14(25-15(11)13)16(23)21-12-9-18-17(19-10-12)22-7-3-6-20-22/h2-10H,1H3,(H,21,23). The summed E-state index contributed by atoms with van der Waals surface area (Å²) in [5.74, 6) is 0.768. The van der Waals surface area contributed by atoms with Gasteiger partial charge in [-0.3, -0.25) is 4.79 Å². The van der Waals surface area contributed by atoms with Gasteiger partial charge in [-0.25, -0.2) is 14.6 Å². The van der Waals surface area contributed by atoms with Gasteiger partial charge in [0.1, 0.15) is 0 Å². The largest absolute Gasteiger partial charge is 0.493 e. The first kappa shape index (κ1) is 14.9. The van der Waals surface area contributed by atoms with Crippen molar-refractivity contribution in [2.45, 2.75) is 0 Å². The quantitative estimate of drug-likeness (QED) is 0.616. The Balaban J connectivity index is 1.56. The fourth-order valence-electron chi connectivity index (χ4n) is 2.39. The number of hydrogen-bond donors (Lipinski definition) is 1. The summed E-state index contributed by atoms with van der Waals surface area (Å²) in [5, 5.41) is 7.53. The van der Waals surface area contributed by atoms with E-state index in [-0.39, 0.29) is 5.76 Å². The van der Waals surface area contributed by atoms with Crippen molar-refractivity contribution in [2.75, 3.05) is 12.4 Å². The first-order valence-corrected chi connectivity index (χ1v) is 7.44. The SMILES string of the molecule is COc1cccc2cc(C(=O)Nc3cnc(-n4cccn4)nc3)oc12. The van der Waals surface area contributed by atoms with Gasteiger partial charge < -0.3 is 14.5 Å². The maximum absolute atomic E-state index is 12.4. The van der Waals surface area contributed by atoms with Gasteiger partial charge in [0.15, 0.2) is 17.1 Å². The molecule has 0 aliphatic heterocycles. The van der Waals surface area contributed by atoms with Gasteiger partial charge in [-0.15, -0.1) is 0 Å². The number of carbonyl (C=O) groups is 1. The summed E-state index contributed by atoms with van der Waals surface area (Å²) in [6, 6.07) is 8.89. The molecule has 4 rings (SSSR count). The number of nitrogens with zero attached hydrogens (tertiary/aromatic N) is 4. The number of benzene rings is 1. The monoisotopic (exact) mass is 335 g/mol. The zero-order chi connectivity index (χ0) is 17.2. The Bertz CT molecular complexity index is 1020. The van der Waals surface area contributed by atoms with Crippen LogP contribution in [0.2, 0.25) is 0 Å². The van der Waals surface area contributed by atoms with E-state index >= 15 is 0 Å². The van der Waals surface area contributed by atoms with Crippen molar-refractivity contribution in [3.05, 3.63) is 60.9 Å². The molecule has 1 amide bonds. The molecule has 0 radical (unpaired) electrons. The van der Waals surface area contributed by atoms with Gasteiger partial charge in [-0.2, -0.15) is 5.10 Å². The van der Waals surface area contributed by atoms with Gasteiger partial charge in [-0.1, -0.05) is 12.1 Å². The number of methoxy groups -OCH3 is 1. The molecule has 0 saturated heterocycles. The van der Waals surface area contributed by atoms with Crippen molar-refractivity contribution >= 4 is 22.6 Å². The molecular weight excluding hydrogens is 322 g/mol. The minimum Gasteiger partial charge on any atom is -0.493 e. The lowest BCUT2D eigenvalue weighted by atomic mass is 10.2. The Morgan fingerprint density at radius 1 is 1.24 bits per heavy atom. The second-order valence-corrected chi connectivity index (χ2v) is 5.17. The van der Waals surface area contributed by atoms with E-state index < -0.39 is 5.91 Å². The first-order chi connectivity index (χ1) is 12.2. The van der Waals surface area contributed by atoms with Gasteiger partial charge in [-0.05, 0) is 18.2 Å². The maximum atomic E-state index is 12.4. The first-order valence-electron chi connectivity index (χ1n) is 7.44. The number of furan rings is 1. The van der Waals surface area contributed by atoms with Crippen molar-refractivity contribution in [1.29, 1.82) is 0 Å². The van der Waals surface area contributed by atoms with Gasteiger partial charge >= 0.3 is 0 Å². The third-order valence-corrected chi connectivity index (χ3v) is 3.56. The van der Waals surface area contributed by atoms with Gasteiger partial charge in [0, 0.05) is 17.8 Å². The summed E-state index contributed by atoms with van der Waals surface area (Å²) < 4.78 is 12.4. The third-order valence-electron chi connectivity index (χ3n) is 3.56. The van der Waals surface area contributed by atoms with E-state index in [9.17, 15) is 4.79 Å². The molecule has 1 N–H and O–H groups in total. The Kier molecular flexibility index (Phi) is 3.62. The van der Waals surface area contributed by atoms with Crippen LogP contribution in [-0.2, 0) is 0 Å². The molecule has 0 fully saturated rings. The number of anilines is 1. The summed E-state index contributed by atoms with van der Waals surface area (Å²) in [6.45, 7) is 0. The molecule has 4 aromatic rings. The van der Waals surface area contributed by atoms with Crippen LogP contribution in [0.1, 0.15) is 10.6 Å². The van der Waals surface area contributed by atoms with E-state index in [1.54, 1.807) is 37.7 Å². The molecule has 8 nitrogen and oxygen atoms in total. The highest BCUT2D eigenvalue weighted by molar-refractivity contribution is 6.04. The number of rotatable bonds is 4. The van der Waals surface area contributed by atoms with Crippen LogP contribution in [0.4, 0.5) is 5.69 Å². The lowest BCUT2D eigenvalue weighted by Gasteiger charge is -2.03. The predicted octanol–water partition coefficient (Wildman–Crippen LogP) is 2.67. The number of para-hydroxylation sites is 1. The van der Waals surface area contributed by atoms with E-state index in [0.29, 0.717) is 23.0 Å². The summed E-state index contributed by atoms with van der Waals surface area (Å²) in [4.78, 5) is 20.7. The van der Waals surface area contributed by atoms with E-state index in [2.05, 4.69) is 20.4 Å². The number of amides is 1. The lowest BCUT2D eigenvalue weighted by Crippen LogP contribution is -2.12. The summed E-state index contributed by atoms with van der Waals surface area (Å²) in [6.07, 6.45) is 6.38. The van der Waals surface area contributed by atoms with Gasteiger partial charge in [0.2, 0.25) is 0 Å². The fraction of sp³-hybridized carbons (Fsp3) is 0.0588. The van der Waals surface area contributed by atoms with Crippen molar-refractivity contribution in [3.63, 3.8) is 0 Å². The van der Waals surface area contributed by atoms with Crippen LogP contribution in [-0.4, -0.2) is 32.8 Å². The molecule has 0 atom stereocenters. The predicted molar refractivity (Wildman–Crippen MR) is 89.9 cm³/mol. The highest BCUT2D eigenvalue weighted by Crippen LogP contribution is 2.28. The molecular formula is C17H13N5O3. The topological polar surface area (TPSA) is 95.1 Å². The molecule has 0 aliphatic carbocycles. The Hall–Kier alpha value is -3.68. The van der Waals surface area contributed by atoms with Crippen LogP contribution in [0.3, 0.4) is 0 Å². The van der Waals surface area contributed by atoms with Crippen molar-refractivity contribution in [1.82, 2.24) is 19.7 Å². The number of aromatic nitrogens is 4. The van der Waals surface area contributed by atoms with Crippen molar-refractivity contribution in [3.8, 4) is 11.7 Å². The molecule has 8 heteroatoms. The minimum atomic E-state index is -0.395. The number of fused-ring (bicyclic) bond motifs is 1. The summed E-state index contributed by atoms with van der Waals surface area (Å²) >= 11 is 0. The molecule has 3 heterocycles. The second kappa shape index (κ2) is 6.08. The summed E-state index contributed by atoms with van der Waals surface area (Å²) in [5.41, 5.74) is 0.980. The number of ether oxygens (including phenoxy) is 1. The van der Waals surface area contributed by atoms with Crippen LogP contribution < -0.4 is 10.1 Å². The highest BCUT2D eigenvalue weighted by atomic mass is 16.5. The van der Waals surface area contributed by atoms with Crippen LogP contribution >= 0.6 is 0 Å². The lowest BCUT2D eigenvalue weighted by molar-refractivity contribution is 0.0998. The number of nitrogens with one attached hydrogen (secondary N) is 1. The smallest absolute Gasteiger partial charge is 0.291 e. The van der Waals surface area contributed by atoms with Crippen LogP contribution in [0.25, 0.3) is 16.9 Å². The minimum absolute atomic E-state index is 0.177. The molecule has 0 spiro atoms. The fourth-order valence-corrected chi connectivity index (χ4v) is 2.39. The molecule has 124 valence electrons. The van der Waals surface area contributed by atoms with Crippen LogP contribution in [0, 0.1) is 0 Å². The Morgan fingerprint density at radius 3 is 2.80 bits per heavy atom. The average Bonchev–Trinajstić information content (AvgIpc) is 3.31. The molecule has 1 aromatic carbocycles. The maximum Gasteiger partial charge on any atom is 0.291 e. The molecule has 0 unspecified atom stereocenters. The van der Waals surface area contributed by atoms with E-state index in [4.69, 9.17) is 9.15 Å². The second-order valence-electron chi connectivity index (χ2n) is 5.17. The summed E-state index contributed by atoms with van der Waals surface area (Å²) in [7, 11) is 1.55. The molecule has 0 saturated carbocycles. The van der Waals surface area contributed by atoms with E-state index in [1.807, 2.05) is 12.1 Å². The molecule has 0 bridgehead atoms. The normalized spacial score (nSPS) is 10.8. The van der Waals surface area contributed by atoms with Gasteiger partial charge in [0.05, 0.1) is 25.2 Å². The number of hydrogen-bond acceptors (Lipinski definition) is 6. The van der Waals surface area contributed by atoms with E-state index in [1.165, 1.54) is 17.1 Å². The Labute approximate surface area is 142 Å². The Morgan fingerprint density at radius 2 is 2.08 bits per heavy atom. The van der Waals surface area contributed by atoms with Crippen LogP contribution in [0.5, 0.6) is 5.75 Å². The van der Waals surface area contributed by atoms with Crippen LogP contribution in [0.15, 0.2) is 59.5 Å². The average molecular weight is 335 g/mol. The van der Waals surface area contributed by atoms with Gasteiger partial charge in [0.25, 0.3) is 11.9 Å². The third kappa shape index (κ3) is 2.80.